The molecule has 6 nitrogen and oxygen atoms in total. The Morgan fingerprint density at radius 2 is 1.96 bits per heavy atom. The number of carbonyl (C=O) groups is 2. The maximum absolute atomic E-state index is 11.9. The van der Waals surface area contributed by atoms with Crippen LogP contribution in [-0.4, -0.2) is 36.4 Å². The quantitative estimate of drug-likeness (QED) is 0.643. The van der Waals surface area contributed by atoms with Crippen LogP contribution in [0.2, 0.25) is 0 Å². The van der Waals surface area contributed by atoms with Crippen molar-refractivity contribution in [1.29, 1.82) is 0 Å². The highest BCUT2D eigenvalue weighted by Crippen LogP contribution is 2.19. The number of benzene rings is 1. The highest BCUT2D eigenvalue weighted by Gasteiger charge is 2.36. The lowest BCUT2D eigenvalue weighted by Crippen LogP contribution is -2.41. The van der Waals surface area contributed by atoms with Crippen LogP contribution >= 0.6 is 0 Å². The van der Waals surface area contributed by atoms with Crippen molar-refractivity contribution in [3.63, 3.8) is 0 Å². The minimum absolute atomic E-state index is 0.0579. The molecule has 23 heavy (non-hydrogen) atoms. The average molecular weight is 321 g/mol. The molecule has 0 aliphatic carbocycles. The van der Waals surface area contributed by atoms with Crippen LogP contribution in [0.5, 0.6) is 0 Å². The molecular formula is C17H23NO5. The van der Waals surface area contributed by atoms with E-state index in [0.29, 0.717) is 6.61 Å². The molecule has 1 fully saturated rings. The fraction of sp³-hybridized carbons (Fsp3) is 0.529. The van der Waals surface area contributed by atoms with Crippen molar-refractivity contribution in [3.05, 3.63) is 35.9 Å². The molecule has 1 aromatic carbocycles. The summed E-state index contributed by atoms with van der Waals surface area (Å²) in [6, 6.07) is 8.95. The van der Waals surface area contributed by atoms with Gasteiger partial charge in [0.25, 0.3) is 0 Å². The molecule has 1 aliphatic rings. The average Bonchev–Trinajstić information content (AvgIpc) is 3.28. The van der Waals surface area contributed by atoms with Crippen molar-refractivity contribution in [2.24, 2.45) is 0 Å². The lowest BCUT2D eigenvalue weighted by atomic mass is 10.1. The van der Waals surface area contributed by atoms with Gasteiger partial charge in [0.1, 0.15) is 18.3 Å². The summed E-state index contributed by atoms with van der Waals surface area (Å²) < 4.78 is 15.6. The third-order valence-corrected chi connectivity index (χ3v) is 3.13. The van der Waals surface area contributed by atoms with Gasteiger partial charge in [-0.3, -0.25) is 4.79 Å². The SMILES string of the molecule is CC(C)(C)OC(=O)CC(NC(=O)OCc1ccccc1)C1CO1. The van der Waals surface area contributed by atoms with Crippen LogP contribution in [-0.2, 0) is 25.6 Å². The Morgan fingerprint density at radius 3 is 2.52 bits per heavy atom. The van der Waals surface area contributed by atoms with Gasteiger partial charge in [0, 0.05) is 0 Å². The molecule has 1 aromatic rings. The second-order valence-corrected chi connectivity index (χ2v) is 6.47. The molecule has 1 saturated heterocycles. The molecule has 0 bridgehead atoms. The summed E-state index contributed by atoms with van der Waals surface area (Å²) in [6.07, 6.45) is -0.674. The van der Waals surface area contributed by atoms with Gasteiger partial charge in [0.15, 0.2) is 0 Å². The lowest BCUT2D eigenvalue weighted by molar-refractivity contribution is -0.155. The van der Waals surface area contributed by atoms with E-state index < -0.39 is 17.7 Å². The Morgan fingerprint density at radius 1 is 1.30 bits per heavy atom. The smallest absolute Gasteiger partial charge is 0.407 e. The Bertz CT molecular complexity index is 534. The standard InChI is InChI=1S/C17H23NO5/c1-17(2,3)23-15(19)9-13(14-11-21-14)18-16(20)22-10-12-7-5-4-6-8-12/h4-8,13-14H,9-11H2,1-3H3,(H,18,20). The van der Waals surface area contributed by atoms with Crippen molar-refractivity contribution in [2.75, 3.05) is 6.61 Å². The van der Waals surface area contributed by atoms with E-state index >= 15 is 0 Å². The van der Waals surface area contributed by atoms with Gasteiger partial charge in [-0.15, -0.1) is 0 Å². The Kier molecular flexibility index (Phi) is 5.60. The van der Waals surface area contributed by atoms with Gasteiger partial charge in [-0.25, -0.2) is 4.79 Å². The highest BCUT2D eigenvalue weighted by atomic mass is 16.6. The molecular weight excluding hydrogens is 298 g/mol. The van der Waals surface area contributed by atoms with E-state index in [9.17, 15) is 9.59 Å². The lowest BCUT2D eigenvalue weighted by Gasteiger charge is -2.22. The number of carbonyl (C=O) groups excluding carboxylic acids is 2. The van der Waals surface area contributed by atoms with Crippen LogP contribution in [0.1, 0.15) is 32.8 Å². The number of rotatable bonds is 6. The topological polar surface area (TPSA) is 77.2 Å². The molecule has 2 unspecified atom stereocenters. The Hall–Kier alpha value is -2.08. The highest BCUT2D eigenvalue weighted by molar-refractivity contribution is 5.73. The number of epoxide rings is 1. The molecule has 2 atom stereocenters. The van der Waals surface area contributed by atoms with Crippen molar-refractivity contribution in [1.82, 2.24) is 5.32 Å². The second kappa shape index (κ2) is 7.46. The van der Waals surface area contributed by atoms with E-state index in [1.165, 1.54) is 0 Å². The monoisotopic (exact) mass is 321 g/mol. The van der Waals surface area contributed by atoms with Gasteiger partial charge in [0.05, 0.1) is 19.1 Å². The predicted molar refractivity (Wildman–Crippen MR) is 83.8 cm³/mol. The summed E-state index contributed by atoms with van der Waals surface area (Å²) in [5, 5.41) is 2.68. The van der Waals surface area contributed by atoms with Crippen molar-refractivity contribution in [2.45, 2.75) is 51.5 Å². The molecule has 1 N–H and O–H groups in total. The zero-order valence-electron chi connectivity index (χ0n) is 13.7. The van der Waals surface area contributed by atoms with Crippen LogP contribution in [0.25, 0.3) is 0 Å². The van der Waals surface area contributed by atoms with Gasteiger partial charge < -0.3 is 19.5 Å². The van der Waals surface area contributed by atoms with Crippen molar-refractivity contribution in [3.8, 4) is 0 Å². The largest absolute Gasteiger partial charge is 0.460 e. The van der Waals surface area contributed by atoms with Crippen molar-refractivity contribution < 1.29 is 23.8 Å². The molecule has 2 rings (SSSR count). The number of amides is 1. The van der Waals surface area contributed by atoms with Crippen LogP contribution in [0.15, 0.2) is 30.3 Å². The normalized spacial score (nSPS) is 18.0. The Balaban J connectivity index is 1.80. The molecule has 0 radical (unpaired) electrons. The molecule has 0 aromatic heterocycles. The zero-order valence-corrected chi connectivity index (χ0v) is 13.7. The first-order valence-corrected chi connectivity index (χ1v) is 7.64. The summed E-state index contributed by atoms with van der Waals surface area (Å²) in [5.41, 5.74) is 0.342. The van der Waals surface area contributed by atoms with Crippen LogP contribution < -0.4 is 5.32 Å². The van der Waals surface area contributed by atoms with E-state index in [0.717, 1.165) is 5.56 Å². The maximum atomic E-state index is 11.9. The fourth-order valence-corrected chi connectivity index (χ4v) is 2.04. The summed E-state index contributed by atoms with van der Waals surface area (Å²) in [7, 11) is 0. The number of hydrogen-bond donors (Lipinski definition) is 1. The molecule has 6 heteroatoms. The number of nitrogens with one attached hydrogen (secondary N) is 1. The minimum atomic E-state index is -0.571. The van der Waals surface area contributed by atoms with Gasteiger partial charge in [-0.2, -0.15) is 0 Å². The summed E-state index contributed by atoms with van der Waals surface area (Å²) >= 11 is 0. The molecule has 1 heterocycles. The summed E-state index contributed by atoms with van der Waals surface area (Å²) in [6.45, 7) is 6.10. The second-order valence-electron chi connectivity index (χ2n) is 6.47. The van der Waals surface area contributed by atoms with Crippen LogP contribution in [0.4, 0.5) is 4.79 Å². The van der Waals surface area contributed by atoms with E-state index in [1.54, 1.807) is 20.8 Å². The number of hydrogen-bond acceptors (Lipinski definition) is 5. The van der Waals surface area contributed by atoms with E-state index in [1.807, 2.05) is 30.3 Å². The van der Waals surface area contributed by atoms with E-state index in [2.05, 4.69) is 5.32 Å². The maximum Gasteiger partial charge on any atom is 0.407 e. The zero-order chi connectivity index (χ0) is 16.9. The Labute approximate surface area is 136 Å². The number of alkyl carbamates (subject to hydrolysis) is 1. The van der Waals surface area contributed by atoms with Crippen LogP contribution in [0, 0.1) is 0 Å². The predicted octanol–water partition coefficient (Wildman–Crippen LogP) is 2.41. The molecule has 126 valence electrons. The van der Waals surface area contributed by atoms with Gasteiger partial charge >= 0.3 is 12.1 Å². The molecule has 1 amide bonds. The van der Waals surface area contributed by atoms with Gasteiger partial charge in [-0.05, 0) is 26.3 Å². The third-order valence-electron chi connectivity index (χ3n) is 3.13. The fourth-order valence-electron chi connectivity index (χ4n) is 2.04. The summed E-state index contributed by atoms with van der Waals surface area (Å²) in [5.74, 6) is -0.374. The first kappa shape index (κ1) is 17.3. The summed E-state index contributed by atoms with van der Waals surface area (Å²) in [4.78, 5) is 23.8. The molecule has 1 aliphatic heterocycles. The minimum Gasteiger partial charge on any atom is -0.460 e. The molecule has 0 spiro atoms. The van der Waals surface area contributed by atoms with Gasteiger partial charge in [-0.1, -0.05) is 30.3 Å². The van der Waals surface area contributed by atoms with Crippen LogP contribution in [0.3, 0.4) is 0 Å². The van der Waals surface area contributed by atoms with Gasteiger partial charge in [0.2, 0.25) is 0 Å². The first-order chi connectivity index (χ1) is 10.8. The number of esters is 1. The number of ether oxygens (including phenoxy) is 3. The van der Waals surface area contributed by atoms with E-state index in [4.69, 9.17) is 14.2 Å². The molecule has 0 saturated carbocycles. The van der Waals surface area contributed by atoms with Crippen molar-refractivity contribution >= 4 is 12.1 Å². The first-order valence-electron chi connectivity index (χ1n) is 7.64. The van der Waals surface area contributed by atoms with E-state index in [-0.39, 0.29) is 25.1 Å². The third kappa shape index (κ3) is 6.69.